The highest BCUT2D eigenvalue weighted by atomic mass is 16.6. The fraction of sp³-hybridized carbons (Fsp3) is 0.789. The van der Waals surface area contributed by atoms with Crippen molar-refractivity contribution in [3.63, 3.8) is 0 Å². The molecule has 10 heteroatoms. The van der Waals surface area contributed by atoms with Crippen molar-refractivity contribution in [2.24, 2.45) is 5.92 Å². The number of amides is 4. The van der Waals surface area contributed by atoms with Gasteiger partial charge in [0.1, 0.15) is 23.7 Å². The molecule has 0 spiro atoms. The number of alkyl carbamates (subject to hydrolysis) is 1. The summed E-state index contributed by atoms with van der Waals surface area (Å²) in [5.41, 5.74) is 2.21. The Bertz CT molecular complexity index is 617. The van der Waals surface area contributed by atoms with Gasteiger partial charge in [0, 0.05) is 13.6 Å². The number of carbonyl (C=O) groups is 4. The molecule has 3 atom stereocenters. The topological polar surface area (TPSA) is 129 Å². The average molecular weight is 414 g/mol. The second kappa shape index (κ2) is 10.4. The van der Waals surface area contributed by atoms with Gasteiger partial charge in [-0.15, -0.1) is 0 Å². The SMILES string of the molecule is CNC(=O)[C@@H]1CCCN(C(=O)[C@H](C)NC(=O)[C@@H](NC(=O)OC(C)(C)C)C(C)C)N1. The van der Waals surface area contributed by atoms with Crippen LogP contribution < -0.4 is 21.4 Å². The van der Waals surface area contributed by atoms with E-state index in [4.69, 9.17) is 4.74 Å². The Morgan fingerprint density at radius 1 is 1.10 bits per heavy atom. The van der Waals surface area contributed by atoms with Gasteiger partial charge in [0.25, 0.3) is 5.91 Å². The lowest BCUT2D eigenvalue weighted by Gasteiger charge is -2.35. The zero-order valence-corrected chi connectivity index (χ0v) is 18.4. The van der Waals surface area contributed by atoms with Gasteiger partial charge in [0.05, 0.1) is 0 Å². The second-order valence-corrected chi connectivity index (χ2v) is 8.53. The Hall–Kier alpha value is -2.36. The zero-order valence-electron chi connectivity index (χ0n) is 18.4. The maximum atomic E-state index is 12.7. The Morgan fingerprint density at radius 2 is 1.72 bits per heavy atom. The van der Waals surface area contributed by atoms with Crippen LogP contribution in [-0.2, 0) is 19.1 Å². The second-order valence-electron chi connectivity index (χ2n) is 8.53. The molecule has 29 heavy (non-hydrogen) atoms. The standard InChI is InChI=1S/C19H35N5O5/c1-11(2)14(22-18(28)29-19(4,5)6)16(26)21-12(3)17(27)24-10-8-9-13(23-24)15(25)20-7/h11-14,23H,8-10H2,1-7H3,(H,20,25)(H,21,26)(H,22,28)/t12-,13-,14-/m0/s1. The molecule has 0 saturated carbocycles. The number of hydrogen-bond acceptors (Lipinski definition) is 6. The molecule has 10 nitrogen and oxygen atoms in total. The predicted octanol–water partition coefficient (Wildman–Crippen LogP) is 0.282. The van der Waals surface area contributed by atoms with Crippen molar-refractivity contribution < 1.29 is 23.9 Å². The summed E-state index contributed by atoms with van der Waals surface area (Å²) in [5, 5.41) is 9.12. The third kappa shape index (κ3) is 7.88. The van der Waals surface area contributed by atoms with E-state index in [0.29, 0.717) is 19.4 Å². The van der Waals surface area contributed by atoms with Crippen LogP contribution >= 0.6 is 0 Å². The fourth-order valence-electron chi connectivity index (χ4n) is 2.88. The number of nitrogens with zero attached hydrogens (tertiary/aromatic N) is 1. The van der Waals surface area contributed by atoms with Crippen molar-refractivity contribution in [1.29, 1.82) is 0 Å². The van der Waals surface area contributed by atoms with Crippen molar-refractivity contribution in [1.82, 2.24) is 26.4 Å². The molecular weight excluding hydrogens is 378 g/mol. The largest absolute Gasteiger partial charge is 0.444 e. The Balaban J connectivity index is 2.70. The van der Waals surface area contributed by atoms with E-state index in [0.717, 1.165) is 0 Å². The van der Waals surface area contributed by atoms with Gasteiger partial charge in [-0.2, -0.15) is 0 Å². The van der Waals surface area contributed by atoms with E-state index in [1.54, 1.807) is 41.5 Å². The van der Waals surface area contributed by atoms with Gasteiger partial charge in [-0.1, -0.05) is 13.8 Å². The lowest BCUT2D eigenvalue weighted by Crippen LogP contribution is -2.61. The van der Waals surface area contributed by atoms with E-state index in [1.807, 2.05) is 0 Å². The van der Waals surface area contributed by atoms with Crippen molar-refractivity contribution >= 4 is 23.8 Å². The molecule has 0 aromatic rings. The molecule has 166 valence electrons. The normalized spacial score (nSPS) is 19.2. The number of ether oxygens (including phenoxy) is 1. The molecule has 1 aliphatic rings. The van der Waals surface area contributed by atoms with Gasteiger partial charge in [0.2, 0.25) is 11.8 Å². The molecule has 0 radical (unpaired) electrons. The first-order chi connectivity index (χ1) is 13.4. The summed E-state index contributed by atoms with van der Waals surface area (Å²) >= 11 is 0. The molecule has 1 heterocycles. The monoisotopic (exact) mass is 413 g/mol. The third-order valence-electron chi connectivity index (χ3n) is 4.37. The third-order valence-corrected chi connectivity index (χ3v) is 4.37. The summed E-state index contributed by atoms with van der Waals surface area (Å²) in [6, 6.07) is -2.17. The molecule has 0 aromatic heterocycles. The maximum absolute atomic E-state index is 12.7. The minimum absolute atomic E-state index is 0.194. The van der Waals surface area contributed by atoms with Crippen LogP contribution in [0.2, 0.25) is 0 Å². The highest BCUT2D eigenvalue weighted by Gasteiger charge is 2.32. The molecule has 1 saturated heterocycles. The van der Waals surface area contributed by atoms with E-state index in [1.165, 1.54) is 12.1 Å². The summed E-state index contributed by atoms with van der Waals surface area (Å²) in [4.78, 5) is 49.2. The quantitative estimate of drug-likeness (QED) is 0.495. The molecular formula is C19H35N5O5. The molecule has 1 fully saturated rings. The fourth-order valence-corrected chi connectivity index (χ4v) is 2.88. The van der Waals surface area contributed by atoms with Gasteiger partial charge in [-0.25, -0.2) is 10.2 Å². The average Bonchev–Trinajstić information content (AvgIpc) is 2.63. The Kier molecular flexibility index (Phi) is 8.87. The van der Waals surface area contributed by atoms with Gasteiger partial charge in [0.15, 0.2) is 0 Å². The van der Waals surface area contributed by atoms with E-state index in [-0.39, 0.29) is 17.7 Å². The number of hydrazine groups is 1. The minimum atomic E-state index is -0.854. The van der Waals surface area contributed by atoms with Crippen LogP contribution in [0.25, 0.3) is 0 Å². The minimum Gasteiger partial charge on any atom is -0.444 e. The Morgan fingerprint density at radius 3 is 2.24 bits per heavy atom. The Labute approximate surface area is 172 Å². The van der Waals surface area contributed by atoms with Crippen molar-refractivity contribution in [3.05, 3.63) is 0 Å². The van der Waals surface area contributed by atoms with Crippen LogP contribution in [0.1, 0.15) is 54.4 Å². The number of rotatable bonds is 6. The lowest BCUT2D eigenvalue weighted by molar-refractivity contribution is -0.143. The highest BCUT2D eigenvalue weighted by molar-refractivity contribution is 5.91. The molecule has 0 aromatic carbocycles. The van der Waals surface area contributed by atoms with Gasteiger partial charge < -0.3 is 20.7 Å². The van der Waals surface area contributed by atoms with Crippen LogP contribution in [0.5, 0.6) is 0 Å². The maximum Gasteiger partial charge on any atom is 0.408 e. The predicted molar refractivity (Wildman–Crippen MR) is 108 cm³/mol. The number of likely N-dealkylation sites (N-methyl/N-ethyl adjacent to an activating group) is 1. The summed E-state index contributed by atoms with van der Waals surface area (Å²) < 4.78 is 5.21. The molecule has 0 aliphatic carbocycles. The van der Waals surface area contributed by atoms with Gasteiger partial charge in [-0.05, 0) is 46.5 Å². The number of nitrogens with one attached hydrogen (secondary N) is 4. The lowest BCUT2D eigenvalue weighted by atomic mass is 10.0. The van der Waals surface area contributed by atoms with Crippen LogP contribution in [0.3, 0.4) is 0 Å². The van der Waals surface area contributed by atoms with E-state index in [2.05, 4.69) is 21.4 Å². The number of hydrogen-bond donors (Lipinski definition) is 4. The first kappa shape index (κ1) is 24.7. The first-order valence-electron chi connectivity index (χ1n) is 9.94. The van der Waals surface area contributed by atoms with Gasteiger partial charge in [-0.3, -0.25) is 19.4 Å². The molecule has 1 rings (SSSR count). The smallest absolute Gasteiger partial charge is 0.408 e. The molecule has 4 amide bonds. The molecule has 1 aliphatic heterocycles. The van der Waals surface area contributed by atoms with Gasteiger partial charge >= 0.3 is 6.09 Å². The summed E-state index contributed by atoms with van der Waals surface area (Å²) in [6.07, 6.45) is 0.600. The van der Waals surface area contributed by atoms with Crippen molar-refractivity contribution in [2.75, 3.05) is 13.6 Å². The van der Waals surface area contributed by atoms with E-state index < -0.39 is 35.7 Å². The highest BCUT2D eigenvalue weighted by Crippen LogP contribution is 2.11. The zero-order chi connectivity index (χ0) is 22.4. The molecule has 0 bridgehead atoms. The first-order valence-corrected chi connectivity index (χ1v) is 9.94. The summed E-state index contributed by atoms with van der Waals surface area (Å²) in [5.74, 6) is -1.24. The van der Waals surface area contributed by atoms with Crippen LogP contribution in [0, 0.1) is 5.92 Å². The summed E-state index contributed by atoms with van der Waals surface area (Å²) in [7, 11) is 1.54. The van der Waals surface area contributed by atoms with E-state index in [9.17, 15) is 19.2 Å². The van der Waals surface area contributed by atoms with Crippen LogP contribution in [0.15, 0.2) is 0 Å². The van der Waals surface area contributed by atoms with Crippen molar-refractivity contribution in [2.45, 2.75) is 78.1 Å². The molecule has 0 unspecified atom stereocenters. The number of carbonyl (C=O) groups excluding carboxylic acids is 4. The van der Waals surface area contributed by atoms with Crippen LogP contribution in [0.4, 0.5) is 4.79 Å². The molecule has 4 N–H and O–H groups in total. The van der Waals surface area contributed by atoms with Crippen LogP contribution in [-0.4, -0.2) is 66.1 Å². The summed E-state index contributed by atoms with van der Waals surface area (Å²) in [6.45, 7) is 10.8. The van der Waals surface area contributed by atoms with E-state index >= 15 is 0 Å². The van der Waals surface area contributed by atoms with Crippen molar-refractivity contribution in [3.8, 4) is 0 Å².